The van der Waals surface area contributed by atoms with Gasteiger partial charge in [-0.15, -0.1) is 0 Å². The Morgan fingerprint density at radius 3 is 2.22 bits per heavy atom. The van der Waals surface area contributed by atoms with Gasteiger partial charge in [-0.05, 0) is 30.3 Å². The Bertz CT molecular complexity index is 866. The molecule has 0 radical (unpaired) electrons. The molecule has 0 saturated heterocycles. The Labute approximate surface area is 155 Å². The lowest BCUT2D eigenvalue weighted by Gasteiger charge is -2.13. The summed E-state index contributed by atoms with van der Waals surface area (Å²) in [4.78, 5) is 21.8. The van der Waals surface area contributed by atoms with Crippen LogP contribution >= 0.6 is 11.6 Å². The SMILES string of the molecule is O=C(O)CCOc1ccc(Oc2ccc(C(F)(F)F)c(Cl)c2)cc1C(=O)O. The fraction of sp³-hybridized carbons (Fsp3) is 0.176. The molecule has 144 valence electrons. The Kier molecular flexibility index (Phi) is 6.17. The van der Waals surface area contributed by atoms with Crippen molar-refractivity contribution in [1.29, 1.82) is 0 Å². The maximum absolute atomic E-state index is 12.7. The molecule has 0 saturated carbocycles. The van der Waals surface area contributed by atoms with Gasteiger partial charge in [-0.1, -0.05) is 11.6 Å². The largest absolute Gasteiger partial charge is 0.492 e. The number of benzene rings is 2. The van der Waals surface area contributed by atoms with Crippen LogP contribution in [0.5, 0.6) is 17.2 Å². The van der Waals surface area contributed by atoms with Crippen LogP contribution in [0.4, 0.5) is 13.2 Å². The van der Waals surface area contributed by atoms with Crippen molar-refractivity contribution >= 4 is 23.5 Å². The maximum Gasteiger partial charge on any atom is 0.417 e. The van der Waals surface area contributed by atoms with Crippen LogP contribution in [0, 0.1) is 0 Å². The number of carboxylic acid groups (broad SMARTS) is 2. The second-order valence-corrected chi connectivity index (χ2v) is 5.60. The molecular formula is C17H12ClF3O6. The van der Waals surface area contributed by atoms with Crippen LogP contribution in [0.3, 0.4) is 0 Å². The van der Waals surface area contributed by atoms with Gasteiger partial charge in [-0.2, -0.15) is 13.2 Å². The second-order valence-electron chi connectivity index (χ2n) is 5.20. The van der Waals surface area contributed by atoms with E-state index in [0.717, 1.165) is 24.3 Å². The number of carboxylic acids is 2. The Morgan fingerprint density at radius 1 is 1.04 bits per heavy atom. The fourth-order valence-corrected chi connectivity index (χ4v) is 2.32. The lowest BCUT2D eigenvalue weighted by molar-refractivity contribution is -0.138. The molecule has 0 aromatic heterocycles. The summed E-state index contributed by atoms with van der Waals surface area (Å²) in [7, 11) is 0. The van der Waals surface area contributed by atoms with Crippen LogP contribution in [-0.4, -0.2) is 28.8 Å². The van der Waals surface area contributed by atoms with Crippen LogP contribution in [0.25, 0.3) is 0 Å². The van der Waals surface area contributed by atoms with E-state index in [2.05, 4.69) is 0 Å². The van der Waals surface area contributed by atoms with Gasteiger partial charge >= 0.3 is 18.1 Å². The standard InChI is InChI=1S/C17H12ClF3O6/c18-13-8-10(1-3-12(13)17(19,20)21)27-9-2-4-14(11(7-9)16(24)25)26-6-5-15(22)23/h1-4,7-8H,5-6H2,(H,22,23)(H,24,25). The van der Waals surface area contributed by atoms with Crippen LogP contribution in [0.1, 0.15) is 22.3 Å². The fourth-order valence-electron chi connectivity index (χ4n) is 2.04. The van der Waals surface area contributed by atoms with E-state index in [1.807, 2.05) is 0 Å². The van der Waals surface area contributed by atoms with Gasteiger partial charge in [0.1, 0.15) is 22.8 Å². The van der Waals surface area contributed by atoms with Gasteiger partial charge < -0.3 is 19.7 Å². The van der Waals surface area contributed by atoms with Gasteiger partial charge in [0.15, 0.2) is 0 Å². The molecular weight excluding hydrogens is 393 g/mol. The van der Waals surface area contributed by atoms with Crippen molar-refractivity contribution in [2.75, 3.05) is 6.61 Å². The molecule has 2 aromatic carbocycles. The summed E-state index contributed by atoms with van der Waals surface area (Å²) in [5.74, 6) is -2.53. The maximum atomic E-state index is 12.7. The summed E-state index contributed by atoms with van der Waals surface area (Å²) in [6.07, 6.45) is -4.93. The van der Waals surface area contributed by atoms with E-state index in [9.17, 15) is 27.9 Å². The minimum absolute atomic E-state index is 0.0220. The van der Waals surface area contributed by atoms with Gasteiger partial charge in [-0.25, -0.2) is 4.79 Å². The van der Waals surface area contributed by atoms with E-state index in [0.29, 0.717) is 0 Å². The molecule has 2 aromatic rings. The topological polar surface area (TPSA) is 93.1 Å². The van der Waals surface area contributed by atoms with E-state index in [-0.39, 0.29) is 35.8 Å². The summed E-state index contributed by atoms with van der Waals surface area (Å²) >= 11 is 5.61. The van der Waals surface area contributed by atoms with Gasteiger partial charge in [0.25, 0.3) is 0 Å². The summed E-state index contributed by atoms with van der Waals surface area (Å²) in [5, 5.41) is 17.2. The van der Waals surface area contributed by atoms with Gasteiger partial charge in [0.2, 0.25) is 0 Å². The van der Waals surface area contributed by atoms with Crippen molar-refractivity contribution in [3.8, 4) is 17.2 Å². The minimum Gasteiger partial charge on any atom is -0.492 e. The number of hydrogen-bond donors (Lipinski definition) is 2. The molecule has 0 heterocycles. The molecule has 0 aliphatic carbocycles. The van der Waals surface area contributed by atoms with Crippen molar-refractivity contribution in [2.45, 2.75) is 12.6 Å². The first-order valence-corrected chi connectivity index (χ1v) is 7.72. The average Bonchev–Trinajstić information content (AvgIpc) is 2.54. The van der Waals surface area contributed by atoms with E-state index in [1.54, 1.807) is 0 Å². The third-order valence-electron chi connectivity index (χ3n) is 3.24. The van der Waals surface area contributed by atoms with Crippen LogP contribution in [0.15, 0.2) is 36.4 Å². The van der Waals surface area contributed by atoms with Gasteiger partial charge in [-0.3, -0.25) is 4.79 Å². The number of aliphatic carboxylic acids is 1. The highest BCUT2D eigenvalue weighted by Crippen LogP contribution is 2.37. The third kappa shape index (κ3) is 5.52. The van der Waals surface area contributed by atoms with Crippen LogP contribution < -0.4 is 9.47 Å². The van der Waals surface area contributed by atoms with E-state index in [4.69, 9.17) is 26.2 Å². The molecule has 0 atom stereocenters. The number of rotatable bonds is 7. The van der Waals surface area contributed by atoms with E-state index < -0.39 is 28.7 Å². The molecule has 0 aliphatic rings. The molecule has 27 heavy (non-hydrogen) atoms. The monoisotopic (exact) mass is 404 g/mol. The number of ether oxygens (including phenoxy) is 2. The Morgan fingerprint density at radius 2 is 1.67 bits per heavy atom. The zero-order valence-corrected chi connectivity index (χ0v) is 14.2. The first-order chi connectivity index (χ1) is 12.6. The quantitative estimate of drug-likeness (QED) is 0.694. The number of alkyl halides is 3. The van der Waals surface area contributed by atoms with E-state index >= 15 is 0 Å². The smallest absolute Gasteiger partial charge is 0.417 e. The summed E-state index contributed by atoms with van der Waals surface area (Å²) < 4.78 is 48.6. The Hall–Kier alpha value is -2.94. The highest BCUT2D eigenvalue weighted by molar-refractivity contribution is 6.31. The number of hydrogen-bond acceptors (Lipinski definition) is 4. The normalized spacial score (nSPS) is 11.1. The predicted molar refractivity (Wildman–Crippen MR) is 87.7 cm³/mol. The molecule has 0 aliphatic heterocycles. The highest BCUT2D eigenvalue weighted by atomic mass is 35.5. The van der Waals surface area contributed by atoms with Crippen molar-refractivity contribution in [2.24, 2.45) is 0 Å². The average molecular weight is 405 g/mol. The predicted octanol–water partition coefficient (Wildman–Crippen LogP) is 4.70. The minimum atomic E-state index is -4.61. The van der Waals surface area contributed by atoms with Crippen molar-refractivity contribution in [3.05, 3.63) is 52.5 Å². The highest BCUT2D eigenvalue weighted by Gasteiger charge is 2.33. The van der Waals surface area contributed by atoms with Crippen LogP contribution in [-0.2, 0) is 11.0 Å². The number of carbonyl (C=O) groups is 2. The molecule has 0 amide bonds. The van der Waals surface area contributed by atoms with Gasteiger partial charge in [0.05, 0.1) is 23.6 Å². The first kappa shape index (κ1) is 20.4. The molecule has 0 unspecified atom stereocenters. The Balaban J connectivity index is 2.22. The molecule has 6 nitrogen and oxygen atoms in total. The molecule has 0 fully saturated rings. The summed E-state index contributed by atoms with van der Waals surface area (Å²) in [6, 6.07) is 6.44. The summed E-state index contributed by atoms with van der Waals surface area (Å²) in [6.45, 7) is -0.232. The lowest BCUT2D eigenvalue weighted by atomic mass is 10.2. The van der Waals surface area contributed by atoms with Crippen LogP contribution in [0.2, 0.25) is 5.02 Å². The molecule has 10 heteroatoms. The molecule has 2 rings (SSSR count). The molecule has 0 spiro atoms. The second kappa shape index (κ2) is 8.17. The third-order valence-corrected chi connectivity index (χ3v) is 3.55. The first-order valence-electron chi connectivity index (χ1n) is 7.34. The van der Waals surface area contributed by atoms with Crippen molar-refractivity contribution in [3.63, 3.8) is 0 Å². The molecule has 0 bridgehead atoms. The van der Waals surface area contributed by atoms with Crippen molar-refractivity contribution < 1.29 is 42.4 Å². The molecule has 2 N–H and O–H groups in total. The number of aromatic carboxylic acids is 1. The zero-order valence-electron chi connectivity index (χ0n) is 13.4. The van der Waals surface area contributed by atoms with Crippen molar-refractivity contribution in [1.82, 2.24) is 0 Å². The zero-order chi connectivity index (χ0) is 20.2. The number of halogens is 4. The van der Waals surface area contributed by atoms with E-state index in [1.165, 1.54) is 12.1 Å². The van der Waals surface area contributed by atoms with Gasteiger partial charge in [0, 0.05) is 6.07 Å². The summed E-state index contributed by atoms with van der Waals surface area (Å²) in [5.41, 5.74) is -1.32. The lowest BCUT2D eigenvalue weighted by Crippen LogP contribution is -2.08.